The molecular formula is C16H20ClNO4. The molecular weight excluding hydrogens is 306 g/mol. The van der Waals surface area contributed by atoms with Crippen LogP contribution in [-0.4, -0.2) is 22.8 Å². The summed E-state index contributed by atoms with van der Waals surface area (Å²) >= 11 is 6.27. The minimum Gasteiger partial charge on any atom is -0.481 e. The van der Waals surface area contributed by atoms with Gasteiger partial charge in [0.05, 0.1) is 6.42 Å². The molecule has 0 unspecified atom stereocenters. The van der Waals surface area contributed by atoms with Crippen molar-refractivity contribution in [3.8, 4) is 0 Å². The lowest BCUT2D eigenvalue weighted by Gasteiger charge is -2.20. The molecule has 2 N–H and O–H groups in total. The molecule has 6 heteroatoms. The van der Waals surface area contributed by atoms with Crippen molar-refractivity contribution in [2.75, 3.05) is 5.32 Å². The molecule has 120 valence electrons. The van der Waals surface area contributed by atoms with E-state index < -0.39 is 17.7 Å². The van der Waals surface area contributed by atoms with Gasteiger partial charge < -0.3 is 9.84 Å². The van der Waals surface area contributed by atoms with Gasteiger partial charge in [0.25, 0.3) is 0 Å². The van der Waals surface area contributed by atoms with Gasteiger partial charge in [0, 0.05) is 16.1 Å². The third-order valence-corrected chi connectivity index (χ3v) is 3.84. The zero-order valence-corrected chi connectivity index (χ0v) is 13.7. The maximum atomic E-state index is 11.7. The number of rotatable bonds is 4. The molecule has 1 aliphatic rings. The average Bonchev–Trinajstić information content (AvgIpc) is 3.05. The van der Waals surface area contributed by atoms with Gasteiger partial charge in [-0.15, -0.1) is 0 Å². The normalized spacial score (nSPS) is 16.0. The Morgan fingerprint density at radius 3 is 2.45 bits per heavy atom. The fourth-order valence-electron chi connectivity index (χ4n) is 2.43. The Kier molecular flexibility index (Phi) is 4.38. The molecule has 0 radical (unpaired) electrons. The summed E-state index contributed by atoms with van der Waals surface area (Å²) < 4.78 is 5.17. The predicted molar refractivity (Wildman–Crippen MR) is 84.5 cm³/mol. The van der Waals surface area contributed by atoms with E-state index in [1.54, 1.807) is 39.0 Å². The maximum absolute atomic E-state index is 11.7. The quantitative estimate of drug-likeness (QED) is 0.870. The first-order valence-corrected chi connectivity index (χ1v) is 7.51. The van der Waals surface area contributed by atoms with E-state index in [2.05, 4.69) is 5.32 Å². The van der Waals surface area contributed by atoms with Gasteiger partial charge in [0.15, 0.2) is 0 Å². The second-order valence-electron chi connectivity index (χ2n) is 6.67. The Morgan fingerprint density at radius 1 is 1.36 bits per heavy atom. The van der Waals surface area contributed by atoms with Crippen LogP contribution in [0.3, 0.4) is 0 Å². The molecule has 0 atom stereocenters. The summed E-state index contributed by atoms with van der Waals surface area (Å²) in [5.41, 5.74) is 0.418. The lowest BCUT2D eigenvalue weighted by Crippen LogP contribution is -2.27. The number of carboxylic acid groups (broad SMARTS) is 1. The maximum Gasteiger partial charge on any atom is 0.412 e. The summed E-state index contributed by atoms with van der Waals surface area (Å²) in [6.07, 6.45) is 1.16. The van der Waals surface area contributed by atoms with Crippen molar-refractivity contribution in [3.63, 3.8) is 0 Å². The third-order valence-electron chi connectivity index (χ3n) is 3.53. The first kappa shape index (κ1) is 16.6. The summed E-state index contributed by atoms with van der Waals surface area (Å²) in [6.45, 7) is 5.35. The number of carbonyl (C=O) groups is 2. The van der Waals surface area contributed by atoms with Gasteiger partial charge in [-0.05, 0) is 51.3 Å². The van der Waals surface area contributed by atoms with Crippen molar-refractivity contribution in [2.45, 2.75) is 51.0 Å². The van der Waals surface area contributed by atoms with Gasteiger partial charge in [-0.1, -0.05) is 17.7 Å². The van der Waals surface area contributed by atoms with Crippen LogP contribution in [0.4, 0.5) is 10.5 Å². The molecule has 0 aromatic heterocycles. The predicted octanol–water partition coefficient (Wildman–Crippen LogP) is 4.19. The summed E-state index contributed by atoms with van der Waals surface area (Å²) in [4.78, 5) is 22.7. The number of hydrogen-bond acceptors (Lipinski definition) is 3. The second kappa shape index (κ2) is 5.80. The number of nitrogens with one attached hydrogen (secondary N) is 1. The van der Waals surface area contributed by atoms with Crippen LogP contribution in [-0.2, 0) is 14.9 Å². The minimum atomic E-state index is -0.829. The van der Waals surface area contributed by atoms with Crippen LogP contribution in [0.25, 0.3) is 0 Å². The van der Waals surface area contributed by atoms with Crippen LogP contribution < -0.4 is 5.32 Å². The fraction of sp³-hybridized carbons (Fsp3) is 0.500. The highest BCUT2D eigenvalue weighted by molar-refractivity contribution is 6.32. The van der Waals surface area contributed by atoms with E-state index >= 15 is 0 Å². The third kappa shape index (κ3) is 4.13. The van der Waals surface area contributed by atoms with Gasteiger partial charge in [-0.25, -0.2) is 4.79 Å². The molecule has 0 saturated heterocycles. The van der Waals surface area contributed by atoms with Crippen molar-refractivity contribution < 1.29 is 19.4 Å². The summed E-state index contributed by atoms with van der Waals surface area (Å²) in [5.74, 6) is -0.829. The molecule has 1 aromatic carbocycles. The van der Waals surface area contributed by atoms with Crippen molar-refractivity contribution in [1.29, 1.82) is 0 Å². The largest absolute Gasteiger partial charge is 0.481 e. The summed E-state index contributed by atoms with van der Waals surface area (Å²) in [7, 11) is 0. The number of carbonyl (C=O) groups excluding carboxylic acids is 1. The van der Waals surface area contributed by atoms with Crippen LogP contribution in [0, 0.1) is 0 Å². The number of benzene rings is 1. The molecule has 22 heavy (non-hydrogen) atoms. The highest BCUT2D eigenvalue weighted by atomic mass is 35.5. The van der Waals surface area contributed by atoms with Crippen LogP contribution in [0.15, 0.2) is 18.2 Å². The number of halogens is 1. The van der Waals surface area contributed by atoms with E-state index in [9.17, 15) is 9.59 Å². The Morgan fingerprint density at radius 2 is 2.00 bits per heavy atom. The van der Waals surface area contributed by atoms with Crippen LogP contribution in [0.2, 0.25) is 5.02 Å². The van der Waals surface area contributed by atoms with Gasteiger partial charge in [-0.2, -0.15) is 0 Å². The highest BCUT2D eigenvalue weighted by Crippen LogP contribution is 2.53. The number of amides is 1. The Balaban J connectivity index is 2.10. The topological polar surface area (TPSA) is 75.6 Å². The molecule has 1 aromatic rings. The van der Waals surface area contributed by atoms with E-state index in [1.165, 1.54) is 0 Å². The highest BCUT2D eigenvalue weighted by Gasteiger charge is 2.47. The van der Waals surface area contributed by atoms with Crippen molar-refractivity contribution >= 4 is 29.4 Å². The smallest absolute Gasteiger partial charge is 0.412 e. The van der Waals surface area contributed by atoms with E-state index in [1.807, 2.05) is 0 Å². The lowest BCUT2D eigenvalue weighted by atomic mass is 9.92. The van der Waals surface area contributed by atoms with Crippen molar-refractivity contribution in [2.24, 2.45) is 0 Å². The molecule has 0 aliphatic heterocycles. The summed E-state index contributed by atoms with van der Waals surface area (Å²) in [6, 6.07) is 5.13. The fourth-order valence-corrected chi connectivity index (χ4v) is 2.81. The molecule has 2 rings (SSSR count). The number of hydrogen-bond donors (Lipinski definition) is 2. The van der Waals surface area contributed by atoms with Gasteiger partial charge in [0.1, 0.15) is 5.60 Å². The number of ether oxygens (including phenoxy) is 1. The van der Waals surface area contributed by atoms with Crippen LogP contribution in [0.5, 0.6) is 0 Å². The molecule has 5 nitrogen and oxygen atoms in total. The summed E-state index contributed by atoms with van der Waals surface area (Å²) in [5, 5.41) is 12.1. The molecule has 1 aliphatic carbocycles. The molecule has 0 spiro atoms. The molecule has 1 saturated carbocycles. The van der Waals surface area contributed by atoms with Crippen molar-refractivity contribution in [1.82, 2.24) is 0 Å². The standard InChI is InChI=1S/C16H20ClNO4/c1-15(2,3)22-14(21)18-10-4-5-11(12(17)8-10)16(6-7-16)9-13(19)20/h4-5,8H,6-7,9H2,1-3H3,(H,18,21)(H,19,20). The number of aliphatic carboxylic acids is 1. The van der Waals surface area contributed by atoms with Gasteiger partial charge in [-0.3, -0.25) is 10.1 Å². The lowest BCUT2D eigenvalue weighted by molar-refractivity contribution is -0.137. The van der Waals surface area contributed by atoms with E-state index in [4.69, 9.17) is 21.4 Å². The number of carboxylic acids is 1. The van der Waals surface area contributed by atoms with Gasteiger partial charge >= 0.3 is 12.1 Å². The van der Waals surface area contributed by atoms with Gasteiger partial charge in [0.2, 0.25) is 0 Å². The van der Waals surface area contributed by atoms with Crippen molar-refractivity contribution in [3.05, 3.63) is 28.8 Å². The molecule has 1 fully saturated rings. The van der Waals surface area contributed by atoms with E-state index in [-0.39, 0.29) is 11.8 Å². The first-order valence-electron chi connectivity index (χ1n) is 7.13. The Labute approximate surface area is 134 Å². The van der Waals surface area contributed by atoms with E-state index in [0.29, 0.717) is 10.7 Å². The zero-order chi connectivity index (χ0) is 16.5. The first-order chi connectivity index (χ1) is 10.1. The molecule has 0 bridgehead atoms. The van der Waals surface area contributed by atoms with E-state index in [0.717, 1.165) is 18.4 Å². The van der Waals surface area contributed by atoms with Crippen LogP contribution >= 0.6 is 11.6 Å². The minimum absolute atomic E-state index is 0.0750. The Bertz CT molecular complexity index is 603. The zero-order valence-electron chi connectivity index (χ0n) is 12.9. The second-order valence-corrected chi connectivity index (χ2v) is 7.08. The average molecular weight is 326 g/mol. The molecule has 1 amide bonds. The SMILES string of the molecule is CC(C)(C)OC(=O)Nc1ccc(C2(CC(=O)O)CC2)c(Cl)c1. The molecule has 0 heterocycles. The number of anilines is 1. The monoisotopic (exact) mass is 325 g/mol. The van der Waals surface area contributed by atoms with Crippen LogP contribution in [0.1, 0.15) is 45.6 Å². The Hall–Kier alpha value is -1.75.